The fourth-order valence-electron chi connectivity index (χ4n) is 3.62. The number of amides is 1. The smallest absolute Gasteiger partial charge is 0.257 e. The fraction of sp³-hybridized carbons (Fsp3) is 0.391. The number of hydrogen-bond donors (Lipinski definition) is 1. The second-order valence-electron chi connectivity index (χ2n) is 7.78. The van der Waals surface area contributed by atoms with Crippen LogP contribution in [0.4, 0.5) is 5.13 Å². The van der Waals surface area contributed by atoms with Crippen LogP contribution in [-0.2, 0) is 10.0 Å². The zero-order valence-electron chi connectivity index (χ0n) is 18.7. The van der Waals surface area contributed by atoms with Gasteiger partial charge in [-0.15, -0.1) is 0 Å². The predicted molar refractivity (Wildman–Crippen MR) is 129 cm³/mol. The van der Waals surface area contributed by atoms with Gasteiger partial charge in [-0.1, -0.05) is 24.7 Å². The van der Waals surface area contributed by atoms with Gasteiger partial charge in [-0.2, -0.15) is 4.31 Å². The first-order valence-corrected chi connectivity index (χ1v) is 13.2. The lowest BCUT2D eigenvalue weighted by Crippen LogP contribution is -2.27. The van der Waals surface area contributed by atoms with Gasteiger partial charge in [0.1, 0.15) is 0 Å². The van der Waals surface area contributed by atoms with Crippen molar-refractivity contribution in [3.63, 3.8) is 0 Å². The molecule has 1 aliphatic heterocycles. The second kappa shape index (κ2) is 10.1. The summed E-state index contributed by atoms with van der Waals surface area (Å²) in [6.45, 7) is 3.77. The van der Waals surface area contributed by atoms with Crippen LogP contribution < -0.4 is 14.8 Å². The van der Waals surface area contributed by atoms with E-state index in [0.29, 0.717) is 52.1 Å². The Morgan fingerprint density at radius 2 is 1.94 bits per heavy atom. The van der Waals surface area contributed by atoms with Gasteiger partial charge in [-0.05, 0) is 55.7 Å². The normalized spacial score (nSPS) is 14.5. The number of nitrogens with zero attached hydrogens (tertiary/aromatic N) is 2. The summed E-state index contributed by atoms with van der Waals surface area (Å²) < 4.78 is 39.0. The van der Waals surface area contributed by atoms with Crippen LogP contribution in [0, 0.1) is 0 Å². The van der Waals surface area contributed by atoms with E-state index >= 15 is 0 Å². The maximum Gasteiger partial charge on any atom is 0.257 e. The lowest BCUT2D eigenvalue weighted by atomic mass is 10.2. The first-order valence-electron chi connectivity index (χ1n) is 11.0. The van der Waals surface area contributed by atoms with Crippen molar-refractivity contribution in [1.29, 1.82) is 0 Å². The molecule has 10 heteroatoms. The average molecular weight is 490 g/mol. The summed E-state index contributed by atoms with van der Waals surface area (Å²) in [4.78, 5) is 17.5. The average Bonchev–Trinajstić information content (AvgIpc) is 3.49. The summed E-state index contributed by atoms with van der Waals surface area (Å²) in [5.74, 6) is 0.742. The molecule has 1 saturated heterocycles. The molecule has 2 heterocycles. The molecule has 1 fully saturated rings. The minimum Gasteiger partial charge on any atom is -0.493 e. The van der Waals surface area contributed by atoms with Crippen molar-refractivity contribution in [3.05, 3.63) is 42.0 Å². The van der Waals surface area contributed by atoms with Crippen molar-refractivity contribution in [2.45, 2.75) is 37.5 Å². The summed E-state index contributed by atoms with van der Waals surface area (Å²) >= 11 is 1.24. The number of methoxy groups -OCH3 is 1. The van der Waals surface area contributed by atoms with Crippen LogP contribution in [0.15, 0.2) is 41.3 Å². The summed E-state index contributed by atoms with van der Waals surface area (Å²) in [6, 6.07) is 9.90. The Bertz CT molecular complexity index is 1250. The van der Waals surface area contributed by atoms with Crippen molar-refractivity contribution >= 4 is 42.6 Å². The number of carbonyl (C=O) groups is 1. The molecule has 1 aromatic heterocycles. The number of hydrogen-bond acceptors (Lipinski definition) is 7. The van der Waals surface area contributed by atoms with Crippen LogP contribution in [-0.4, -0.2) is 50.4 Å². The van der Waals surface area contributed by atoms with Crippen molar-refractivity contribution < 1.29 is 22.7 Å². The lowest BCUT2D eigenvalue weighted by Gasteiger charge is -2.15. The van der Waals surface area contributed by atoms with E-state index in [1.165, 1.54) is 22.8 Å². The van der Waals surface area contributed by atoms with Gasteiger partial charge in [0, 0.05) is 18.7 Å². The Morgan fingerprint density at radius 3 is 2.67 bits per heavy atom. The Morgan fingerprint density at radius 1 is 1.15 bits per heavy atom. The number of anilines is 1. The Labute approximate surface area is 197 Å². The van der Waals surface area contributed by atoms with Gasteiger partial charge in [0.15, 0.2) is 16.6 Å². The third-order valence-corrected chi connectivity index (χ3v) is 8.29. The van der Waals surface area contributed by atoms with Crippen LogP contribution in [0.3, 0.4) is 0 Å². The number of thiazole rings is 1. The van der Waals surface area contributed by atoms with Gasteiger partial charge in [-0.25, -0.2) is 13.4 Å². The molecule has 2 aromatic carbocycles. The van der Waals surface area contributed by atoms with Crippen LogP contribution in [0.1, 0.15) is 43.0 Å². The van der Waals surface area contributed by atoms with Gasteiger partial charge in [-0.3, -0.25) is 10.1 Å². The first-order chi connectivity index (χ1) is 15.9. The fourth-order valence-corrected chi connectivity index (χ4v) is 6.14. The summed E-state index contributed by atoms with van der Waals surface area (Å²) in [5.41, 5.74) is 1.04. The number of aromatic nitrogens is 1. The number of carbonyl (C=O) groups excluding carboxylic acids is 1. The van der Waals surface area contributed by atoms with E-state index in [9.17, 15) is 13.2 Å². The third-order valence-electron chi connectivity index (χ3n) is 5.46. The van der Waals surface area contributed by atoms with E-state index in [1.807, 2.05) is 0 Å². The maximum absolute atomic E-state index is 12.8. The molecule has 0 spiro atoms. The molecule has 3 aromatic rings. The molecule has 0 atom stereocenters. The Balaban J connectivity index is 1.51. The quantitative estimate of drug-likeness (QED) is 0.444. The van der Waals surface area contributed by atoms with Crippen molar-refractivity contribution in [3.8, 4) is 11.5 Å². The van der Waals surface area contributed by atoms with Gasteiger partial charge < -0.3 is 9.47 Å². The number of unbranched alkanes of at least 4 members (excludes halogenated alkanes) is 1. The van der Waals surface area contributed by atoms with Gasteiger partial charge in [0.05, 0.1) is 28.8 Å². The number of sulfonamides is 1. The minimum absolute atomic E-state index is 0.252. The molecule has 0 aliphatic carbocycles. The number of fused-ring (bicyclic) bond motifs is 1. The van der Waals surface area contributed by atoms with E-state index in [1.54, 1.807) is 36.4 Å². The molecule has 0 unspecified atom stereocenters. The van der Waals surface area contributed by atoms with E-state index in [2.05, 4.69) is 17.2 Å². The predicted octanol–water partition coefficient (Wildman–Crippen LogP) is 4.52. The Kier molecular flexibility index (Phi) is 7.16. The SMILES string of the molecule is CCCCOc1ccc(C(=O)Nc2nc3ccc(S(=O)(=O)N4CCCC4)cc3s2)cc1OC. The molecule has 1 aliphatic rings. The monoisotopic (exact) mass is 489 g/mol. The molecule has 8 nitrogen and oxygen atoms in total. The maximum atomic E-state index is 12.8. The van der Waals surface area contributed by atoms with Crippen LogP contribution >= 0.6 is 11.3 Å². The molecule has 1 N–H and O–H groups in total. The van der Waals surface area contributed by atoms with Gasteiger partial charge in [0.25, 0.3) is 5.91 Å². The van der Waals surface area contributed by atoms with Gasteiger partial charge >= 0.3 is 0 Å². The van der Waals surface area contributed by atoms with Crippen LogP contribution in [0.2, 0.25) is 0 Å². The molecule has 4 rings (SSSR count). The van der Waals surface area contributed by atoms with Crippen molar-refractivity contribution in [2.75, 3.05) is 32.1 Å². The topological polar surface area (TPSA) is 97.8 Å². The number of ether oxygens (including phenoxy) is 2. The Hall–Kier alpha value is -2.69. The summed E-state index contributed by atoms with van der Waals surface area (Å²) in [5, 5.41) is 3.19. The van der Waals surface area contributed by atoms with Gasteiger partial charge in [0.2, 0.25) is 10.0 Å². The zero-order chi connectivity index (χ0) is 23.4. The third kappa shape index (κ3) is 5.13. The van der Waals surface area contributed by atoms with Crippen LogP contribution in [0.5, 0.6) is 11.5 Å². The molecular formula is C23H27N3O5S2. The second-order valence-corrected chi connectivity index (χ2v) is 10.8. The van der Waals surface area contributed by atoms with E-state index in [-0.39, 0.29) is 10.8 Å². The zero-order valence-corrected chi connectivity index (χ0v) is 20.3. The minimum atomic E-state index is -3.51. The summed E-state index contributed by atoms with van der Waals surface area (Å²) in [7, 11) is -1.98. The molecule has 0 bridgehead atoms. The van der Waals surface area contributed by atoms with Crippen molar-refractivity contribution in [1.82, 2.24) is 9.29 Å². The largest absolute Gasteiger partial charge is 0.493 e. The number of benzene rings is 2. The van der Waals surface area contributed by atoms with E-state index < -0.39 is 10.0 Å². The summed E-state index contributed by atoms with van der Waals surface area (Å²) in [6.07, 6.45) is 3.73. The standard InChI is InChI=1S/C23H27N3O5S2/c1-3-4-13-31-19-10-7-16(14-20(19)30-2)22(27)25-23-24-18-9-8-17(15-21(18)32-23)33(28,29)26-11-5-6-12-26/h7-10,14-15H,3-6,11-13H2,1-2H3,(H,24,25,27). The van der Waals surface area contributed by atoms with Crippen molar-refractivity contribution in [2.24, 2.45) is 0 Å². The molecule has 0 saturated carbocycles. The first kappa shape index (κ1) is 23.5. The highest BCUT2D eigenvalue weighted by atomic mass is 32.2. The molecule has 33 heavy (non-hydrogen) atoms. The van der Waals surface area contributed by atoms with Crippen LogP contribution in [0.25, 0.3) is 10.2 Å². The molecular weight excluding hydrogens is 462 g/mol. The lowest BCUT2D eigenvalue weighted by molar-refractivity contribution is 0.102. The number of nitrogens with one attached hydrogen (secondary N) is 1. The highest BCUT2D eigenvalue weighted by Gasteiger charge is 2.27. The molecule has 1 amide bonds. The number of rotatable bonds is 9. The highest BCUT2D eigenvalue weighted by Crippen LogP contribution is 2.32. The molecule has 176 valence electrons. The molecule has 0 radical (unpaired) electrons. The highest BCUT2D eigenvalue weighted by molar-refractivity contribution is 7.89. The van der Waals surface area contributed by atoms with E-state index in [4.69, 9.17) is 9.47 Å². The van der Waals surface area contributed by atoms with E-state index in [0.717, 1.165) is 25.7 Å².